The van der Waals surface area contributed by atoms with E-state index in [4.69, 9.17) is 5.73 Å². The van der Waals surface area contributed by atoms with Crippen molar-refractivity contribution < 1.29 is 9.18 Å². The van der Waals surface area contributed by atoms with Gasteiger partial charge in [-0.25, -0.2) is 9.18 Å². The van der Waals surface area contributed by atoms with Gasteiger partial charge in [-0.1, -0.05) is 43.0 Å². The standard InChI is InChI=1S/C20H20FN3O/c1-3-6-16(13-14(2)22)15-9-11-17(12-10-15)23-20(25)24-19-8-5-4-7-18(19)21/h3-13H,1,22H2,2H3,(H2,23,24,25)/b14-13-,16-6+. The molecule has 4 N–H and O–H groups in total. The quantitative estimate of drug-likeness (QED) is 0.679. The molecule has 2 aromatic rings. The summed E-state index contributed by atoms with van der Waals surface area (Å²) in [4.78, 5) is 12.0. The van der Waals surface area contributed by atoms with E-state index in [9.17, 15) is 9.18 Å². The van der Waals surface area contributed by atoms with Crippen LogP contribution in [0.25, 0.3) is 5.57 Å². The van der Waals surface area contributed by atoms with E-state index >= 15 is 0 Å². The first-order valence-corrected chi connectivity index (χ1v) is 7.69. The van der Waals surface area contributed by atoms with Gasteiger partial charge in [0.15, 0.2) is 0 Å². The summed E-state index contributed by atoms with van der Waals surface area (Å²) in [5, 5.41) is 5.13. The van der Waals surface area contributed by atoms with Gasteiger partial charge in [0.1, 0.15) is 5.82 Å². The number of halogens is 1. The Labute approximate surface area is 146 Å². The van der Waals surface area contributed by atoms with Crippen LogP contribution in [0.1, 0.15) is 12.5 Å². The molecule has 0 aliphatic carbocycles. The van der Waals surface area contributed by atoms with Gasteiger partial charge in [-0.05, 0) is 48.4 Å². The molecule has 0 radical (unpaired) electrons. The van der Waals surface area contributed by atoms with Crippen molar-refractivity contribution in [3.8, 4) is 0 Å². The topological polar surface area (TPSA) is 67.1 Å². The van der Waals surface area contributed by atoms with E-state index < -0.39 is 11.8 Å². The first kappa shape index (κ1) is 18.0. The van der Waals surface area contributed by atoms with Crippen molar-refractivity contribution in [2.24, 2.45) is 5.73 Å². The molecule has 2 aromatic carbocycles. The zero-order valence-electron chi connectivity index (χ0n) is 13.9. The summed E-state index contributed by atoms with van der Waals surface area (Å²) in [5.74, 6) is -0.490. The summed E-state index contributed by atoms with van der Waals surface area (Å²) in [6.45, 7) is 5.50. The van der Waals surface area contributed by atoms with Crippen LogP contribution in [0.15, 0.2) is 79.0 Å². The fourth-order valence-electron chi connectivity index (χ4n) is 2.19. The van der Waals surface area contributed by atoms with Crippen LogP contribution in [0.3, 0.4) is 0 Å². The summed E-state index contributed by atoms with van der Waals surface area (Å²) in [6, 6.07) is 12.7. The molecule has 128 valence electrons. The molecule has 0 saturated carbocycles. The van der Waals surface area contributed by atoms with E-state index in [1.807, 2.05) is 24.3 Å². The minimum atomic E-state index is -0.516. The number of benzene rings is 2. The lowest BCUT2D eigenvalue weighted by atomic mass is 10.0. The predicted molar refractivity (Wildman–Crippen MR) is 102 cm³/mol. The van der Waals surface area contributed by atoms with Crippen molar-refractivity contribution >= 4 is 23.0 Å². The Bertz CT molecular complexity index is 819. The Morgan fingerprint density at radius 1 is 1.12 bits per heavy atom. The third-order valence-corrected chi connectivity index (χ3v) is 3.28. The van der Waals surface area contributed by atoms with Gasteiger partial charge in [-0.2, -0.15) is 0 Å². The number of amides is 2. The first-order valence-electron chi connectivity index (χ1n) is 7.69. The molecule has 0 aliphatic heterocycles. The number of hydrogen-bond acceptors (Lipinski definition) is 2. The minimum Gasteiger partial charge on any atom is -0.402 e. The first-order chi connectivity index (χ1) is 12.0. The largest absolute Gasteiger partial charge is 0.402 e. The Balaban J connectivity index is 2.08. The third-order valence-electron chi connectivity index (χ3n) is 3.28. The van der Waals surface area contributed by atoms with E-state index in [1.165, 1.54) is 12.1 Å². The highest BCUT2D eigenvalue weighted by atomic mass is 19.1. The van der Waals surface area contributed by atoms with Crippen LogP contribution >= 0.6 is 0 Å². The zero-order chi connectivity index (χ0) is 18.2. The van der Waals surface area contributed by atoms with Gasteiger partial charge >= 0.3 is 6.03 Å². The van der Waals surface area contributed by atoms with Crippen molar-refractivity contribution in [3.05, 3.63) is 90.4 Å². The van der Waals surface area contributed by atoms with Gasteiger partial charge in [0.2, 0.25) is 0 Å². The Morgan fingerprint density at radius 2 is 1.80 bits per heavy atom. The zero-order valence-corrected chi connectivity index (χ0v) is 13.9. The molecule has 0 saturated heterocycles. The van der Waals surface area contributed by atoms with E-state index in [0.29, 0.717) is 11.4 Å². The van der Waals surface area contributed by atoms with Gasteiger partial charge in [-0.3, -0.25) is 0 Å². The van der Waals surface area contributed by atoms with Gasteiger partial charge in [0.25, 0.3) is 0 Å². The molecule has 0 aromatic heterocycles. The molecule has 0 heterocycles. The van der Waals surface area contributed by atoms with Gasteiger partial charge in [0.05, 0.1) is 5.69 Å². The lowest BCUT2D eigenvalue weighted by Crippen LogP contribution is -2.20. The number of carbonyl (C=O) groups excluding carboxylic acids is 1. The number of nitrogens with one attached hydrogen (secondary N) is 2. The number of nitrogens with two attached hydrogens (primary N) is 1. The number of rotatable bonds is 5. The number of para-hydroxylation sites is 1. The van der Waals surface area contributed by atoms with Crippen LogP contribution in [0.4, 0.5) is 20.6 Å². The number of hydrogen-bond donors (Lipinski definition) is 3. The maximum absolute atomic E-state index is 13.5. The van der Waals surface area contributed by atoms with Gasteiger partial charge in [0, 0.05) is 11.4 Å². The highest BCUT2D eigenvalue weighted by molar-refractivity contribution is 5.99. The SMILES string of the molecule is C=C/C=C(\C=C(\C)N)c1ccc(NC(=O)Nc2ccccc2F)cc1. The average molecular weight is 337 g/mol. The second-order valence-corrected chi connectivity index (χ2v) is 5.38. The fraction of sp³-hybridized carbons (Fsp3) is 0.0500. The number of allylic oxidation sites excluding steroid dienone is 5. The second-order valence-electron chi connectivity index (χ2n) is 5.38. The van der Waals surface area contributed by atoms with Gasteiger partial charge < -0.3 is 16.4 Å². The van der Waals surface area contributed by atoms with Crippen LogP contribution in [0.2, 0.25) is 0 Å². The molecular formula is C20H20FN3O. The van der Waals surface area contributed by atoms with Crippen molar-refractivity contribution in [3.63, 3.8) is 0 Å². The lowest BCUT2D eigenvalue weighted by Gasteiger charge is -2.09. The lowest BCUT2D eigenvalue weighted by molar-refractivity contribution is 0.262. The molecule has 0 unspecified atom stereocenters. The molecule has 5 heteroatoms. The highest BCUT2D eigenvalue weighted by Crippen LogP contribution is 2.20. The molecule has 4 nitrogen and oxygen atoms in total. The maximum atomic E-state index is 13.5. The highest BCUT2D eigenvalue weighted by Gasteiger charge is 2.06. The minimum absolute atomic E-state index is 0.122. The number of anilines is 2. The number of carbonyl (C=O) groups is 1. The van der Waals surface area contributed by atoms with E-state index in [1.54, 1.807) is 37.3 Å². The second kappa shape index (κ2) is 8.49. The summed E-state index contributed by atoms with van der Waals surface area (Å²) in [6.07, 6.45) is 5.38. The van der Waals surface area contributed by atoms with Crippen molar-refractivity contribution in [1.29, 1.82) is 0 Å². The molecule has 0 spiro atoms. The third kappa shape index (κ3) is 5.35. The fourth-order valence-corrected chi connectivity index (χ4v) is 2.19. The Hall–Kier alpha value is -3.34. The van der Waals surface area contributed by atoms with Crippen LogP contribution in [0, 0.1) is 5.82 Å². The molecule has 0 atom stereocenters. The number of urea groups is 1. The van der Waals surface area contributed by atoms with E-state index in [0.717, 1.165) is 11.1 Å². The van der Waals surface area contributed by atoms with Crippen molar-refractivity contribution in [1.82, 2.24) is 0 Å². The maximum Gasteiger partial charge on any atom is 0.323 e. The van der Waals surface area contributed by atoms with Crippen LogP contribution in [-0.2, 0) is 0 Å². The molecule has 0 bridgehead atoms. The van der Waals surface area contributed by atoms with Crippen molar-refractivity contribution in [2.75, 3.05) is 10.6 Å². The average Bonchev–Trinajstić information content (AvgIpc) is 2.57. The van der Waals surface area contributed by atoms with Gasteiger partial charge in [-0.15, -0.1) is 0 Å². The smallest absolute Gasteiger partial charge is 0.323 e. The predicted octanol–water partition coefficient (Wildman–Crippen LogP) is 4.90. The Kier molecular flexibility index (Phi) is 6.12. The molecule has 2 amide bonds. The monoisotopic (exact) mass is 337 g/mol. The normalized spacial score (nSPS) is 11.8. The summed E-state index contributed by atoms with van der Waals surface area (Å²) >= 11 is 0. The molecular weight excluding hydrogens is 317 g/mol. The molecule has 0 aliphatic rings. The summed E-state index contributed by atoms with van der Waals surface area (Å²) in [7, 11) is 0. The summed E-state index contributed by atoms with van der Waals surface area (Å²) in [5.41, 5.74) is 8.97. The van der Waals surface area contributed by atoms with E-state index in [-0.39, 0.29) is 5.69 Å². The van der Waals surface area contributed by atoms with Crippen LogP contribution < -0.4 is 16.4 Å². The van der Waals surface area contributed by atoms with Crippen LogP contribution in [0.5, 0.6) is 0 Å². The molecule has 25 heavy (non-hydrogen) atoms. The molecule has 2 rings (SSSR count). The van der Waals surface area contributed by atoms with E-state index in [2.05, 4.69) is 17.2 Å². The molecule has 0 fully saturated rings. The Morgan fingerprint density at radius 3 is 2.40 bits per heavy atom. The van der Waals surface area contributed by atoms with Crippen molar-refractivity contribution in [2.45, 2.75) is 6.92 Å². The van der Waals surface area contributed by atoms with Crippen LogP contribution in [-0.4, -0.2) is 6.03 Å². The summed E-state index contributed by atoms with van der Waals surface area (Å²) < 4.78 is 13.5.